The predicted octanol–water partition coefficient (Wildman–Crippen LogP) is 1.82. The molecule has 2 aliphatic rings. The Balaban J connectivity index is 1.62. The first-order valence-electron chi connectivity index (χ1n) is 8.18. The Morgan fingerprint density at radius 1 is 1.22 bits per heavy atom. The highest BCUT2D eigenvalue weighted by molar-refractivity contribution is 6.04. The number of piperidine rings is 1. The van der Waals surface area contributed by atoms with Crippen LogP contribution in [0, 0.1) is 0 Å². The largest absolute Gasteiger partial charge is 0.497 e. The van der Waals surface area contributed by atoms with E-state index in [1.807, 2.05) is 12.1 Å². The number of methoxy groups -OCH3 is 1. The zero-order valence-corrected chi connectivity index (χ0v) is 13.4. The van der Waals surface area contributed by atoms with Crippen LogP contribution in [0.5, 0.6) is 5.75 Å². The molecule has 0 aliphatic carbocycles. The van der Waals surface area contributed by atoms with E-state index in [1.165, 1.54) is 17.7 Å². The van der Waals surface area contributed by atoms with Crippen LogP contribution in [-0.4, -0.2) is 43.1 Å². The van der Waals surface area contributed by atoms with Crippen LogP contribution in [0.1, 0.15) is 37.3 Å². The maximum absolute atomic E-state index is 12.5. The zero-order valence-electron chi connectivity index (χ0n) is 13.4. The molecule has 3 rings (SSSR count). The van der Waals surface area contributed by atoms with E-state index >= 15 is 0 Å². The molecule has 0 saturated carbocycles. The fraction of sp³-hybridized carbons (Fsp3) is 0.529. The number of carbonyl (C=O) groups is 2. The summed E-state index contributed by atoms with van der Waals surface area (Å²) in [7, 11) is 1.60. The highest BCUT2D eigenvalue weighted by Gasteiger charge is 2.38. The molecule has 23 heavy (non-hydrogen) atoms. The highest BCUT2D eigenvalue weighted by atomic mass is 16.5. The molecule has 2 heterocycles. The van der Waals surface area contributed by atoms with Gasteiger partial charge in [0.25, 0.3) is 5.91 Å². The number of nitrogens with zero attached hydrogens (tertiary/aromatic N) is 1. The number of rotatable bonds is 5. The third kappa shape index (κ3) is 3.47. The average molecular weight is 317 g/mol. The van der Waals surface area contributed by atoms with Gasteiger partial charge in [0.1, 0.15) is 11.8 Å². The van der Waals surface area contributed by atoms with Crippen LogP contribution >= 0.6 is 0 Å². The first kappa shape index (κ1) is 15.8. The summed E-state index contributed by atoms with van der Waals surface area (Å²) >= 11 is 0. The van der Waals surface area contributed by atoms with Crippen molar-refractivity contribution in [1.82, 2.24) is 15.5 Å². The lowest BCUT2D eigenvalue weighted by molar-refractivity contribution is -0.127. The average Bonchev–Trinajstić information content (AvgIpc) is 2.88. The second-order valence-corrected chi connectivity index (χ2v) is 6.08. The lowest BCUT2D eigenvalue weighted by Crippen LogP contribution is -2.39. The van der Waals surface area contributed by atoms with E-state index in [1.54, 1.807) is 19.2 Å². The minimum atomic E-state index is -0.590. The summed E-state index contributed by atoms with van der Waals surface area (Å²) in [6, 6.07) is 6.73. The molecule has 6 heteroatoms. The van der Waals surface area contributed by atoms with E-state index in [4.69, 9.17) is 4.74 Å². The molecule has 0 spiro atoms. The molecule has 1 aromatic rings. The van der Waals surface area contributed by atoms with E-state index in [9.17, 15) is 9.59 Å². The number of hydrogen-bond donors (Lipinski definition) is 2. The number of urea groups is 1. The van der Waals surface area contributed by atoms with Gasteiger partial charge in [-0.1, -0.05) is 18.6 Å². The number of imide groups is 1. The van der Waals surface area contributed by atoms with Gasteiger partial charge in [-0.2, -0.15) is 0 Å². The van der Waals surface area contributed by atoms with Gasteiger partial charge in [0, 0.05) is 12.6 Å². The molecule has 6 nitrogen and oxygen atoms in total. The molecule has 0 aromatic heterocycles. The Morgan fingerprint density at radius 3 is 2.65 bits per heavy atom. The van der Waals surface area contributed by atoms with Crippen molar-refractivity contribution < 1.29 is 14.3 Å². The molecule has 0 radical (unpaired) electrons. The van der Waals surface area contributed by atoms with Crippen molar-refractivity contribution in [2.45, 2.75) is 37.8 Å². The summed E-state index contributed by atoms with van der Waals surface area (Å²) < 4.78 is 5.12. The number of carbonyl (C=O) groups excluding carboxylic acids is 2. The van der Waals surface area contributed by atoms with Crippen molar-refractivity contribution in [3.05, 3.63) is 29.8 Å². The molecule has 2 unspecified atom stereocenters. The van der Waals surface area contributed by atoms with Gasteiger partial charge in [0.2, 0.25) is 0 Å². The molecule has 124 valence electrons. The van der Waals surface area contributed by atoms with Crippen molar-refractivity contribution in [2.75, 3.05) is 20.2 Å². The third-order valence-corrected chi connectivity index (χ3v) is 4.59. The first-order valence-corrected chi connectivity index (χ1v) is 8.18. The van der Waals surface area contributed by atoms with Crippen molar-refractivity contribution >= 4 is 11.9 Å². The lowest BCUT2D eigenvalue weighted by Gasteiger charge is -2.24. The number of nitrogens with one attached hydrogen (secondary N) is 2. The maximum Gasteiger partial charge on any atom is 0.325 e. The second-order valence-electron chi connectivity index (χ2n) is 6.08. The van der Waals surface area contributed by atoms with E-state index in [0.717, 1.165) is 30.7 Å². The van der Waals surface area contributed by atoms with Crippen LogP contribution in [0.4, 0.5) is 4.79 Å². The summed E-state index contributed by atoms with van der Waals surface area (Å²) in [5, 5.41) is 6.22. The number of benzene rings is 1. The van der Waals surface area contributed by atoms with Crippen molar-refractivity contribution in [1.29, 1.82) is 0 Å². The fourth-order valence-corrected chi connectivity index (χ4v) is 3.21. The second kappa shape index (κ2) is 7.00. The SMILES string of the molecule is COc1ccc(C2NC(=O)N(CCC3CCCCN3)C2=O)cc1. The summed E-state index contributed by atoms with van der Waals surface area (Å²) in [5.74, 6) is 0.557. The van der Waals surface area contributed by atoms with Gasteiger partial charge in [-0.15, -0.1) is 0 Å². The quantitative estimate of drug-likeness (QED) is 0.813. The van der Waals surface area contributed by atoms with Crippen LogP contribution in [0.15, 0.2) is 24.3 Å². The van der Waals surface area contributed by atoms with Crippen LogP contribution < -0.4 is 15.4 Å². The van der Waals surface area contributed by atoms with E-state index < -0.39 is 6.04 Å². The molecular weight excluding hydrogens is 294 g/mol. The third-order valence-electron chi connectivity index (χ3n) is 4.59. The van der Waals surface area contributed by atoms with Crippen LogP contribution in [-0.2, 0) is 4.79 Å². The minimum absolute atomic E-state index is 0.170. The van der Waals surface area contributed by atoms with Gasteiger partial charge >= 0.3 is 6.03 Å². The summed E-state index contributed by atoms with van der Waals surface area (Å²) in [6.45, 7) is 1.49. The highest BCUT2D eigenvalue weighted by Crippen LogP contribution is 2.24. The topological polar surface area (TPSA) is 70.7 Å². The van der Waals surface area contributed by atoms with Gasteiger partial charge in [-0.3, -0.25) is 9.69 Å². The molecule has 2 atom stereocenters. The molecule has 2 aliphatic heterocycles. The molecule has 2 fully saturated rings. The van der Waals surface area contributed by atoms with Crippen molar-refractivity contribution in [3.8, 4) is 5.75 Å². The Labute approximate surface area is 136 Å². The normalized spacial score (nSPS) is 24.7. The minimum Gasteiger partial charge on any atom is -0.497 e. The summed E-state index contributed by atoms with van der Waals surface area (Å²) in [6.07, 6.45) is 4.35. The van der Waals surface area contributed by atoms with Gasteiger partial charge in [0.05, 0.1) is 7.11 Å². The Hall–Kier alpha value is -2.08. The van der Waals surface area contributed by atoms with Gasteiger partial charge in [0.15, 0.2) is 0 Å². The molecular formula is C17H23N3O3. The zero-order chi connectivity index (χ0) is 16.2. The van der Waals surface area contributed by atoms with E-state index in [-0.39, 0.29) is 11.9 Å². The van der Waals surface area contributed by atoms with Crippen molar-refractivity contribution in [3.63, 3.8) is 0 Å². The van der Waals surface area contributed by atoms with E-state index in [0.29, 0.717) is 12.6 Å². The standard InChI is InChI=1S/C17H23N3O3/c1-23-14-7-5-12(6-8-14)15-16(21)20(17(22)19-15)11-9-13-4-2-3-10-18-13/h5-8,13,15,18H,2-4,9-11H2,1H3,(H,19,22). The van der Waals surface area contributed by atoms with Gasteiger partial charge in [-0.05, 0) is 43.5 Å². The van der Waals surface area contributed by atoms with Gasteiger partial charge < -0.3 is 15.4 Å². The first-order chi connectivity index (χ1) is 11.2. The van der Waals surface area contributed by atoms with E-state index in [2.05, 4.69) is 10.6 Å². The monoisotopic (exact) mass is 317 g/mol. The summed E-state index contributed by atoms with van der Waals surface area (Å²) in [4.78, 5) is 26.0. The summed E-state index contributed by atoms with van der Waals surface area (Å²) in [5.41, 5.74) is 0.780. The molecule has 1 aromatic carbocycles. The molecule has 2 N–H and O–H groups in total. The predicted molar refractivity (Wildman–Crippen MR) is 86.2 cm³/mol. The van der Waals surface area contributed by atoms with Crippen LogP contribution in [0.3, 0.4) is 0 Å². The Morgan fingerprint density at radius 2 is 2.00 bits per heavy atom. The van der Waals surface area contributed by atoms with Crippen LogP contribution in [0.2, 0.25) is 0 Å². The number of hydrogen-bond acceptors (Lipinski definition) is 4. The number of ether oxygens (including phenoxy) is 1. The van der Waals surface area contributed by atoms with Gasteiger partial charge in [-0.25, -0.2) is 4.79 Å². The maximum atomic E-state index is 12.5. The molecule has 3 amide bonds. The lowest BCUT2D eigenvalue weighted by atomic mass is 10.0. The Bertz CT molecular complexity index is 567. The molecule has 0 bridgehead atoms. The smallest absolute Gasteiger partial charge is 0.325 e. The number of amides is 3. The van der Waals surface area contributed by atoms with Crippen molar-refractivity contribution in [2.24, 2.45) is 0 Å². The fourth-order valence-electron chi connectivity index (χ4n) is 3.21. The van der Waals surface area contributed by atoms with Crippen LogP contribution in [0.25, 0.3) is 0 Å². The Kier molecular flexibility index (Phi) is 4.81. The molecule has 2 saturated heterocycles.